The molecule has 0 radical (unpaired) electrons. The zero-order chi connectivity index (χ0) is 13.5. The molecular formula is C16H12N2O2. The first-order valence-corrected chi connectivity index (χ1v) is 6.44. The Morgan fingerprint density at radius 1 is 1.05 bits per heavy atom. The summed E-state index contributed by atoms with van der Waals surface area (Å²) in [6, 6.07) is 11.9. The normalized spacial score (nSPS) is 12.8. The molecule has 0 spiro atoms. The minimum absolute atomic E-state index is 0.275. The highest BCUT2D eigenvalue weighted by molar-refractivity contribution is 5.96. The van der Waals surface area contributed by atoms with E-state index < -0.39 is 0 Å². The van der Waals surface area contributed by atoms with E-state index >= 15 is 0 Å². The van der Waals surface area contributed by atoms with Gasteiger partial charge < -0.3 is 9.47 Å². The first-order chi connectivity index (χ1) is 9.81. The maximum absolute atomic E-state index is 5.46. The minimum atomic E-state index is 0.275. The number of nitrogens with zero attached hydrogens (tertiary/aromatic N) is 2. The molecule has 4 heteroatoms. The molecule has 0 unspecified atom stereocenters. The van der Waals surface area contributed by atoms with Gasteiger partial charge in [-0.1, -0.05) is 6.07 Å². The molecule has 3 aromatic rings. The first-order valence-electron chi connectivity index (χ1n) is 6.44. The Labute approximate surface area is 116 Å². The summed E-state index contributed by atoms with van der Waals surface area (Å²) >= 11 is 0. The van der Waals surface area contributed by atoms with E-state index in [4.69, 9.17) is 9.47 Å². The van der Waals surface area contributed by atoms with Crippen LogP contribution in [-0.2, 0) is 0 Å². The fraction of sp³-hybridized carbons (Fsp3) is 0.125. The Hall–Kier alpha value is -2.62. The summed E-state index contributed by atoms with van der Waals surface area (Å²) in [4.78, 5) is 9.04. The Bertz CT molecular complexity index is 800. The second kappa shape index (κ2) is 4.20. The lowest BCUT2D eigenvalue weighted by molar-refractivity contribution is 0.174. The highest BCUT2D eigenvalue weighted by atomic mass is 16.7. The summed E-state index contributed by atoms with van der Waals surface area (Å²) < 4.78 is 10.9. The first kappa shape index (κ1) is 11.2. The summed E-state index contributed by atoms with van der Waals surface area (Å²) in [7, 11) is 0. The second-order valence-corrected chi connectivity index (χ2v) is 4.75. The highest BCUT2D eigenvalue weighted by Crippen LogP contribution is 2.38. The van der Waals surface area contributed by atoms with E-state index in [2.05, 4.69) is 9.97 Å². The Balaban J connectivity index is 2.05. The number of ether oxygens (including phenoxy) is 2. The van der Waals surface area contributed by atoms with E-state index in [1.807, 2.05) is 43.3 Å². The van der Waals surface area contributed by atoms with Gasteiger partial charge in [0.1, 0.15) is 0 Å². The van der Waals surface area contributed by atoms with Gasteiger partial charge >= 0.3 is 0 Å². The average Bonchev–Trinajstić information content (AvgIpc) is 2.92. The number of rotatable bonds is 1. The lowest BCUT2D eigenvalue weighted by Crippen LogP contribution is -1.92. The van der Waals surface area contributed by atoms with Crippen LogP contribution in [-0.4, -0.2) is 16.8 Å². The third kappa shape index (κ3) is 1.69. The largest absolute Gasteiger partial charge is 0.454 e. The van der Waals surface area contributed by atoms with Crippen LogP contribution in [0.3, 0.4) is 0 Å². The third-order valence-corrected chi connectivity index (χ3v) is 3.36. The topological polar surface area (TPSA) is 44.2 Å². The molecular weight excluding hydrogens is 252 g/mol. The van der Waals surface area contributed by atoms with Crippen LogP contribution in [0.5, 0.6) is 11.5 Å². The second-order valence-electron chi connectivity index (χ2n) is 4.75. The molecule has 1 aromatic carbocycles. The number of benzene rings is 1. The van der Waals surface area contributed by atoms with Crippen LogP contribution in [0.2, 0.25) is 0 Å². The summed E-state index contributed by atoms with van der Waals surface area (Å²) in [5.41, 5.74) is 2.69. The predicted octanol–water partition coefficient (Wildman–Crippen LogP) is 3.33. The zero-order valence-electron chi connectivity index (χ0n) is 11.0. The van der Waals surface area contributed by atoms with Crippen molar-refractivity contribution in [3.05, 3.63) is 48.3 Å². The molecule has 0 amide bonds. The van der Waals surface area contributed by atoms with Gasteiger partial charge in [-0.25, -0.2) is 0 Å². The van der Waals surface area contributed by atoms with E-state index in [1.165, 1.54) is 0 Å². The van der Waals surface area contributed by atoms with Crippen molar-refractivity contribution in [2.75, 3.05) is 6.79 Å². The molecule has 20 heavy (non-hydrogen) atoms. The van der Waals surface area contributed by atoms with E-state index in [0.717, 1.165) is 39.4 Å². The van der Waals surface area contributed by atoms with E-state index in [9.17, 15) is 0 Å². The van der Waals surface area contributed by atoms with Crippen molar-refractivity contribution in [3.63, 3.8) is 0 Å². The van der Waals surface area contributed by atoms with E-state index in [1.54, 1.807) is 6.20 Å². The maximum atomic E-state index is 5.46. The van der Waals surface area contributed by atoms with Crippen molar-refractivity contribution in [2.45, 2.75) is 6.92 Å². The van der Waals surface area contributed by atoms with E-state index in [0.29, 0.717) is 0 Å². The van der Waals surface area contributed by atoms with Crippen LogP contribution in [0.15, 0.2) is 42.6 Å². The summed E-state index contributed by atoms with van der Waals surface area (Å²) in [6.45, 7) is 2.26. The Kier molecular flexibility index (Phi) is 2.36. The molecule has 0 N–H and O–H groups in total. The molecule has 0 atom stereocenters. The summed E-state index contributed by atoms with van der Waals surface area (Å²) in [5, 5.41) is 2.11. The zero-order valence-corrected chi connectivity index (χ0v) is 11.0. The van der Waals surface area contributed by atoms with Crippen molar-refractivity contribution in [2.24, 2.45) is 0 Å². The SMILES string of the molecule is Cc1cc2cc3c(cc2c(-c2ccccn2)n1)OCO3. The standard InChI is InChI=1S/C16H12N2O2/c1-10-6-11-7-14-15(20-9-19-14)8-12(11)16(18-10)13-4-2-3-5-17-13/h2-8H,9H2,1H3. The molecule has 98 valence electrons. The molecule has 3 heterocycles. The number of fused-ring (bicyclic) bond motifs is 2. The lowest BCUT2D eigenvalue weighted by atomic mass is 10.1. The smallest absolute Gasteiger partial charge is 0.231 e. The molecule has 4 nitrogen and oxygen atoms in total. The van der Waals surface area contributed by atoms with Crippen LogP contribution < -0.4 is 9.47 Å². The van der Waals surface area contributed by atoms with Crippen molar-refractivity contribution < 1.29 is 9.47 Å². The van der Waals surface area contributed by atoms with Gasteiger partial charge in [0.25, 0.3) is 0 Å². The Morgan fingerprint density at radius 3 is 2.70 bits per heavy atom. The summed E-state index contributed by atoms with van der Waals surface area (Å²) in [5.74, 6) is 1.55. The quantitative estimate of drug-likeness (QED) is 0.676. The fourth-order valence-electron chi connectivity index (χ4n) is 2.47. The predicted molar refractivity (Wildman–Crippen MR) is 75.8 cm³/mol. The Morgan fingerprint density at radius 2 is 1.90 bits per heavy atom. The number of hydrogen-bond acceptors (Lipinski definition) is 4. The maximum Gasteiger partial charge on any atom is 0.231 e. The molecule has 0 saturated carbocycles. The minimum Gasteiger partial charge on any atom is -0.454 e. The number of pyridine rings is 2. The fourth-order valence-corrected chi connectivity index (χ4v) is 2.47. The molecule has 2 aromatic heterocycles. The number of aryl methyl sites for hydroxylation is 1. The van der Waals surface area contributed by atoms with Gasteiger partial charge in [0.05, 0.1) is 11.4 Å². The van der Waals surface area contributed by atoms with Gasteiger partial charge in [0, 0.05) is 17.3 Å². The molecule has 1 aliphatic rings. The highest BCUT2D eigenvalue weighted by Gasteiger charge is 2.17. The van der Waals surface area contributed by atoms with Crippen LogP contribution in [0, 0.1) is 6.92 Å². The monoisotopic (exact) mass is 264 g/mol. The van der Waals surface area contributed by atoms with Crippen molar-refractivity contribution in [3.8, 4) is 22.9 Å². The van der Waals surface area contributed by atoms with Gasteiger partial charge in [0.2, 0.25) is 6.79 Å². The van der Waals surface area contributed by atoms with Crippen molar-refractivity contribution in [1.82, 2.24) is 9.97 Å². The van der Waals surface area contributed by atoms with Crippen molar-refractivity contribution in [1.29, 1.82) is 0 Å². The number of hydrogen-bond donors (Lipinski definition) is 0. The van der Waals surface area contributed by atoms with Gasteiger partial charge in [-0.05, 0) is 42.6 Å². The van der Waals surface area contributed by atoms with Gasteiger partial charge in [-0.3, -0.25) is 9.97 Å². The van der Waals surface area contributed by atoms with Crippen LogP contribution in [0.4, 0.5) is 0 Å². The van der Waals surface area contributed by atoms with Gasteiger partial charge in [-0.2, -0.15) is 0 Å². The molecule has 0 aliphatic carbocycles. The molecule has 0 bridgehead atoms. The average molecular weight is 264 g/mol. The van der Waals surface area contributed by atoms with E-state index in [-0.39, 0.29) is 6.79 Å². The third-order valence-electron chi connectivity index (χ3n) is 3.36. The molecule has 0 saturated heterocycles. The molecule has 1 aliphatic heterocycles. The van der Waals surface area contributed by atoms with Crippen LogP contribution in [0.1, 0.15) is 5.69 Å². The van der Waals surface area contributed by atoms with Crippen LogP contribution in [0.25, 0.3) is 22.2 Å². The van der Waals surface area contributed by atoms with Crippen molar-refractivity contribution >= 4 is 10.8 Å². The lowest BCUT2D eigenvalue weighted by Gasteiger charge is -2.08. The van der Waals surface area contributed by atoms with Gasteiger partial charge in [-0.15, -0.1) is 0 Å². The summed E-state index contributed by atoms with van der Waals surface area (Å²) in [6.07, 6.45) is 1.78. The molecule has 4 rings (SSSR count). The van der Waals surface area contributed by atoms with Crippen LogP contribution >= 0.6 is 0 Å². The number of aromatic nitrogens is 2. The molecule has 0 fully saturated rings. The van der Waals surface area contributed by atoms with Gasteiger partial charge in [0.15, 0.2) is 11.5 Å².